The van der Waals surface area contributed by atoms with Crippen molar-refractivity contribution in [3.05, 3.63) is 22.6 Å². The number of carboxylic acid groups (broad SMARTS) is 1. The minimum Gasteiger partial charge on any atom is -0.481 e. The Balaban J connectivity index is 2.78. The van der Waals surface area contributed by atoms with Crippen molar-refractivity contribution < 1.29 is 14.3 Å². The number of halogens is 1. The quantitative estimate of drug-likeness (QED) is 0.847. The molecule has 0 fully saturated rings. The molecule has 13 heavy (non-hydrogen) atoms. The molecule has 72 valence electrons. The van der Waals surface area contributed by atoms with Gasteiger partial charge in [-0.2, -0.15) is 0 Å². The fourth-order valence-corrected chi connectivity index (χ4v) is 1.69. The van der Waals surface area contributed by atoms with E-state index >= 15 is 0 Å². The Kier molecular flexibility index (Phi) is 3.50. The molecule has 0 aliphatic rings. The Bertz CT molecular complexity index is 297. The van der Waals surface area contributed by atoms with Gasteiger partial charge >= 0.3 is 5.97 Å². The van der Waals surface area contributed by atoms with Crippen LogP contribution in [0.5, 0.6) is 0 Å². The van der Waals surface area contributed by atoms with Crippen LogP contribution in [0.2, 0.25) is 0 Å². The molecular formula is C8H10BrNO3. The topological polar surface area (TPSA) is 76.5 Å². The summed E-state index contributed by atoms with van der Waals surface area (Å²) in [6.45, 7) is 0.296. The van der Waals surface area contributed by atoms with Crippen molar-refractivity contribution in [2.45, 2.75) is 12.3 Å². The van der Waals surface area contributed by atoms with Crippen LogP contribution < -0.4 is 5.73 Å². The predicted octanol–water partition coefficient (Wildman–Crippen LogP) is 1.56. The maximum absolute atomic E-state index is 10.5. The average molecular weight is 248 g/mol. The second kappa shape index (κ2) is 4.43. The fourth-order valence-electron chi connectivity index (χ4n) is 1.13. The van der Waals surface area contributed by atoms with Crippen LogP contribution in [0.4, 0.5) is 0 Å². The summed E-state index contributed by atoms with van der Waals surface area (Å²) in [5, 5.41) is 8.60. The Hall–Kier alpha value is -0.810. The second-order valence-corrected chi connectivity index (χ2v) is 3.40. The molecule has 1 unspecified atom stereocenters. The first-order chi connectivity index (χ1) is 6.15. The van der Waals surface area contributed by atoms with Gasteiger partial charge in [0.05, 0.1) is 12.7 Å². The first kappa shape index (κ1) is 10.3. The van der Waals surface area contributed by atoms with Gasteiger partial charge in [0.2, 0.25) is 0 Å². The lowest BCUT2D eigenvalue weighted by Crippen LogP contribution is -2.16. The van der Waals surface area contributed by atoms with E-state index < -0.39 is 5.97 Å². The van der Waals surface area contributed by atoms with Crippen LogP contribution in [-0.4, -0.2) is 17.6 Å². The Morgan fingerprint density at radius 1 is 1.77 bits per heavy atom. The van der Waals surface area contributed by atoms with Crippen LogP contribution in [0.15, 0.2) is 21.4 Å². The van der Waals surface area contributed by atoms with E-state index in [-0.39, 0.29) is 12.3 Å². The third kappa shape index (κ3) is 2.57. The van der Waals surface area contributed by atoms with Crippen molar-refractivity contribution in [1.29, 1.82) is 0 Å². The molecule has 5 heteroatoms. The molecule has 4 nitrogen and oxygen atoms in total. The first-order valence-corrected chi connectivity index (χ1v) is 4.59. The van der Waals surface area contributed by atoms with Crippen LogP contribution >= 0.6 is 15.9 Å². The van der Waals surface area contributed by atoms with E-state index in [1.54, 1.807) is 6.07 Å². The zero-order chi connectivity index (χ0) is 9.84. The van der Waals surface area contributed by atoms with E-state index in [0.717, 1.165) is 5.56 Å². The van der Waals surface area contributed by atoms with Gasteiger partial charge in [-0.25, -0.2) is 0 Å². The Labute approximate surface area is 83.8 Å². The highest BCUT2D eigenvalue weighted by Crippen LogP contribution is 2.27. The standard InChI is InChI=1S/C8H10BrNO3/c9-8-6(1-2-13-8)5(4-10)3-7(11)12/h1-2,5H,3-4,10H2,(H,11,12). The van der Waals surface area contributed by atoms with Gasteiger partial charge in [-0.3, -0.25) is 4.79 Å². The molecule has 1 atom stereocenters. The van der Waals surface area contributed by atoms with Crippen molar-refractivity contribution >= 4 is 21.9 Å². The number of rotatable bonds is 4. The number of aliphatic carboxylic acids is 1. The number of carbonyl (C=O) groups is 1. The van der Waals surface area contributed by atoms with Crippen molar-refractivity contribution in [2.75, 3.05) is 6.54 Å². The molecule has 0 bridgehead atoms. The summed E-state index contributed by atoms with van der Waals surface area (Å²) < 4.78 is 5.56. The van der Waals surface area contributed by atoms with E-state index in [9.17, 15) is 4.79 Å². The minimum atomic E-state index is -0.858. The van der Waals surface area contributed by atoms with E-state index in [0.29, 0.717) is 11.2 Å². The lowest BCUT2D eigenvalue weighted by molar-refractivity contribution is -0.137. The number of furan rings is 1. The van der Waals surface area contributed by atoms with E-state index in [4.69, 9.17) is 15.3 Å². The minimum absolute atomic E-state index is 0.0225. The molecule has 0 spiro atoms. The van der Waals surface area contributed by atoms with Gasteiger partial charge in [-0.05, 0) is 28.5 Å². The zero-order valence-corrected chi connectivity index (χ0v) is 8.45. The summed E-state index contributed by atoms with van der Waals surface area (Å²) in [6.07, 6.45) is 1.53. The largest absolute Gasteiger partial charge is 0.481 e. The van der Waals surface area contributed by atoms with Gasteiger partial charge in [0.25, 0.3) is 0 Å². The van der Waals surface area contributed by atoms with E-state index in [1.165, 1.54) is 6.26 Å². The number of carboxylic acids is 1. The molecule has 1 aromatic heterocycles. The van der Waals surface area contributed by atoms with Crippen LogP contribution in [0.1, 0.15) is 17.9 Å². The Morgan fingerprint density at radius 3 is 2.85 bits per heavy atom. The number of hydrogen-bond acceptors (Lipinski definition) is 3. The van der Waals surface area contributed by atoms with Crippen molar-refractivity contribution in [1.82, 2.24) is 0 Å². The lowest BCUT2D eigenvalue weighted by Gasteiger charge is -2.09. The first-order valence-electron chi connectivity index (χ1n) is 3.80. The van der Waals surface area contributed by atoms with Crippen molar-refractivity contribution in [2.24, 2.45) is 5.73 Å². The monoisotopic (exact) mass is 247 g/mol. The van der Waals surface area contributed by atoms with Crippen LogP contribution in [-0.2, 0) is 4.79 Å². The highest BCUT2D eigenvalue weighted by Gasteiger charge is 2.18. The summed E-state index contributed by atoms with van der Waals surface area (Å²) in [5.74, 6) is -1.05. The molecule has 0 radical (unpaired) electrons. The summed E-state index contributed by atoms with van der Waals surface area (Å²) in [4.78, 5) is 10.5. The van der Waals surface area contributed by atoms with Gasteiger partial charge in [-0.15, -0.1) is 0 Å². The summed E-state index contributed by atoms with van der Waals surface area (Å²) in [7, 11) is 0. The highest BCUT2D eigenvalue weighted by atomic mass is 79.9. The van der Waals surface area contributed by atoms with Crippen molar-refractivity contribution in [3.63, 3.8) is 0 Å². The molecule has 0 amide bonds. The smallest absolute Gasteiger partial charge is 0.304 e. The summed E-state index contributed by atoms with van der Waals surface area (Å²) in [5.41, 5.74) is 6.27. The Morgan fingerprint density at radius 2 is 2.46 bits per heavy atom. The van der Waals surface area contributed by atoms with Crippen LogP contribution in [0.3, 0.4) is 0 Å². The molecule has 0 saturated carbocycles. The molecule has 1 heterocycles. The maximum Gasteiger partial charge on any atom is 0.304 e. The van der Waals surface area contributed by atoms with Crippen LogP contribution in [0, 0.1) is 0 Å². The molecule has 0 aliphatic heterocycles. The zero-order valence-electron chi connectivity index (χ0n) is 6.87. The van der Waals surface area contributed by atoms with E-state index in [2.05, 4.69) is 15.9 Å². The molecule has 1 rings (SSSR count). The molecular weight excluding hydrogens is 238 g/mol. The normalized spacial score (nSPS) is 12.8. The van der Waals surface area contributed by atoms with Gasteiger partial charge in [0, 0.05) is 11.5 Å². The summed E-state index contributed by atoms with van der Waals surface area (Å²) in [6, 6.07) is 1.73. The fraction of sp³-hybridized carbons (Fsp3) is 0.375. The van der Waals surface area contributed by atoms with Gasteiger partial charge in [0.1, 0.15) is 0 Å². The van der Waals surface area contributed by atoms with Crippen LogP contribution in [0.25, 0.3) is 0 Å². The average Bonchev–Trinajstić information content (AvgIpc) is 2.47. The number of nitrogens with two attached hydrogens (primary N) is 1. The molecule has 3 N–H and O–H groups in total. The molecule has 1 aromatic rings. The molecule has 0 aromatic carbocycles. The van der Waals surface area contributed by atoms with Gasteiger partial charge in [-0.1, -0.05) is 0 Å². The SMILES string of the molecule is NCC(CC(=O)O)c1ccoc1Br. The second-order valence-electron chi connectivity index (χ2n) is 2.68. The van der Waals surface area contributed by atoms with Gasteiger partial charge in [0.15, 0.2) is 4.67 Å². The third-order valence-corrected chi connectivity index (χ3v) is 2.44. The molecule has 0 aliphatic carbocycles. The van der Waals surface area contributed by atoms with E-state index in [1.807, 2.05) is 0 Å². The highest BCUT2D eigenvalue weighted by molar-refractivity contribution is 9.10. The van der Waals surface area contributed by atoms with Crippen molar-refractivity contribution in [3.8, 4) is 0 Å². The maximum atomic E-state index is 10.5. The third-order valence-electron chi connectivity index (χ3n) is 1.79. The van der Waals surface area contributed by atoms with Gasteiger partial charge < -0.3 is 15.3 Å². The number of hydrogen-bond donors (Lipinski definition) is 2. The molecule has 0 saturated heterocycles. The predicted molar refractivity (Wildman–Crippen MR) is 50.5 cm³/mol. The summed E-state index contributed by atoms with van der Waals surface area (Å²) >= 11 is 3.18. The lowest BCUT2D eigenvalue weighted by atomic mass is 9.99.